The molecule has 1 rings (SSSR count). The van der Waals surface area contributed by atoms with E-state index < -0.39 is 5.60 Å². The second kappa shape index (κ2) is 5.80. The normalized spacial score (nSPS) is 13.8. The second-order valence-corrected chi connectivity index (χ2v) is 4.84. The number of ether oxygens (including phenoxy) is 1. The SMILES string of the molecule is CCNC(c1c(F)cccc1Cl)C(C)(C)OC. The van der Waals surface area contributed by atoms with Crippen molar-refractivity contribution in [3.8, 4) is 0 Å². The van der Waals surface area contributed by atoms with E-state index in [0.29, 0.717) is 17.1 Å². The van der Waals surface area contributed by atoms with Crippen LogP contribution in [0.15, 0.2) is 18.2 Å². The van der Waals surface area contributed by atoms with Gasteiger partial charge in [0.2, 0.25) is 0 Å². The summed E-state index contributed by atoms with van der Waals surface area (Å²) in [6.45, 7) is 6.49. The minimum Gasteiger partial charge on any atom is -0.377 e. The molecule has 96 valence electrons. The Kier molecular flexibility index (Phi) is 4.92. The molecular weight excluding hydrogens is 241 g/mol. The molecule has 1 aromatic carbocycles. The summed E-state index contributed by atoms with van der Waals surface area (Å²) >= 11 is 6.09. The third kappa shape index (κ3) is 3.18. The number of benzene rings is 1. The van der Waals surface area contributed by atoms with Crippen molar-refractivity contribution in [3.05, 3.63) is 34.6 Å². The van der Waals surface area contributed by atoms with Crippen molar-refractivity contribution < 1.29 is 9.13 Å². The first-order chi connectivity index (χ1) is 7.94. The average Bonchev–Trinajstić information content (AvgIpc) is 2.27. The first kappa shape index (κ1) is 14.4. The molecule has 0 saturated heterocycles. The molecule has 0 heterocycles. The number of likely N-dealkylation sites (N-methyl/N-ethyl adjacent to an activating group) is 1. The smallest absolute Gasteiger partial charge is 0.129 e. The third-order valence-electron chi connectivity index (χ3n) is 2.92. The van der Waals surface area contributed by atoms with Crippen LogP contribution in [0.5, 0.6) is 0 Å². The molecule has 1 unspecified atom stereocenters. The van der Waals surface area contributed by atoms with Crippen LogP contribution in [-0.2, 0) is 4.74 Å². The fraction of sp³-hybridized carbons (Fsp3) is 0.538. The van der Waals surface area contributed by atoms with Crippen LogP contribution in [0.3, 0.4) is 0 Å². The molecule has 0 saturated carbocycles. The van der Waals surface area contributed by atoms with Crippen LogP contribution in [0, 0.1) is 5.82 Å². The topological polar surface area (TPSA) is 21.3 Å². The fourth-order valence-corrected chi connectivity index (χ4v) is 2.08. The summed E-state index contributed by atoms with van der Waals surface area (Å²) < 4.78 is 19.3. The van der Waals surface area contributed by atoms with E-state index in [0.717, 1.165) is 0 Å². The molecule has 2 nitrogen and oxygen atoms in total. The van der Waals surface area contributed by atoms with Crippen molar-refractivity contribution in [2.75, 3.05) is 13.7 Å². The molecule has 4 heteroatoms. The molecule has 0 aliphatic carbocycles. The number of hydrogen-bond acceptors (Lipinski definition) is 2. The maximum Gasteiger partial charge on any atom is 0.129 e. The maximum atomic E-state index is 13.9. The van der Waals surface area contributed by atoms with E-state index in [1.807, 2.05) is 20.8 Å². The van der Waals surface area contributed by atoms with Crippen LogP contribution in [-0.4, -0.2) is 19.3 Å². The zero-order valence-electron chi connectivity index (χ0n) is 10.7. The van der Waals surface area contributed by atoms with Crippen molar-refractivity contribution in [2.24, 2.45) is 0 Å². The summed E-state index contributed by atoms with van der Waals surface area (Å²) in [6.07, 6.45) is 0. The van der Waals surface area contributed by atoms with E-state index in [1.165, 1.54) is 6.07 Å². The van der Waals surface area contributed by atoms with Crippen LogP contribution in [0.25, 0.3) is 0 Å². The summed E-state index contributed by atoms with van der Waals surface area (Å²) in [5.74, 6) is -0.312. The molecule has 1 aromatic rings. The molecule has 0 bridgehead atoms. The second-order valence-electron chi connectivity index (χ2n) is 4.43. The van der Waals surface area contributed by atoms with E-state index in [4.69, 9.17) is 16.3 Å². The number of methoxy groups -OCH3 is 1. The van der Waals surface area contributed by atoms with Gasteiger partial charge in [0.05, 0.1) is 11.6 Å². The monoisotopic (exact) mass is 259 g/mol. The summed E-state index contributed by atoms with van der Waals surface area (Å²) in [5.41, 5.74) is -0.0789. The average molecular weight is 260 g/mol. The molecule has 0 aliphatic rings. The van der Waals surface area contributed by atoms with Gasteiger partial charge in [-0.3, -0.25) is 0 Å². The van der Waals surface area contributed by atoms with Gasteiger partial charge in [0, 0.05) is 17.7 Å². The summed E-state index contributed by atoms with van der Waals surface area (Å²) in [6, 6.07) is 4.42. The largest absolute Gasteiger partial charge is 0.377 e. The molecule has 17 heavy (non-hydrogen) atoms. The van der Waals surface area contributed by atoms with E-state index in [2.05, 4.69) is 5.32 Å². The van der Waals surface area contributed by atoms with Crippen LogP contribution >= 0.6 is 11.6 Å². The molecule has 0 radical (unpaired) electrons. The Morgan fingerprint density at radius 3 is 2.59 bits per heavy atom. The van der Waals surface area contributed by atoms with Gasteiger partial charge in [0.1, 0.15) is 5.82 Å². The maximum absolute atomic E-state index is 13.9. The Hall–Kier alpha value is -0.640. The van der Waals surface area contributed by atoms with Crippen LogP contribution in [0.2, 0.25) is 5.02 Å². The minimum atomic E-state index is -0.540. The molecular formula is C13H19ClFNO. The van der Waals surface area contributed by atoms with Crippen molar-refractivity contribution in [1.82, 2.24) is 5.32 Å². The van der Waals surface area contributed by atoms with Gasteiger partial charge < -0.3 is 10.1 Å². The zero-order valence-corrected chi connectivity index (χ0v) is 11.4. The highest BCUT2D eigenvalue weighted by Crippen LogP contribution is 2.34. The number of rotatable bonds is 5. The lowest BCUT2D eigenvalue weighted by atomic mass is 9.91. The molecule has 0 aliphatic heterocycles. The van der Waals surface area contributed by atoms with E-state index in [-0.39, 0.29) is 11.9 Å². The van der Waals surface area contributed by atoms with Crippen molar-refractivity contribution in [2.45, 2.75) is 32.4 Å². The highest BCUT2D eigenvalue weighted by Gasteiger charge is 2.33. The van der Waals surface area contributed by atoms with Gasteiger partial charge in [-0.05, 0) is 32.5 Å². The van der Waals surface area contributed by atoms with E-state index in [9.17, 15) is 4.39 Å². The number of halogens is 2. The van der Waals surface area contributed by atoms with Gasteiger partial charge in [-0.1, -0.05) is 24.6 Å². The molecule has 0 fully saturated rings. The Morgan fingerprint density at radius 1 is 1.47 bits per heavy atom. The van der Waals surface area contributed by atoms with Gasteiger partial charge >= 0.3 is 0 Å². The van der Waals surface area contributed by atoms with Gasteiger partial charge in [-0.25, -0.2) is 4.39 Å². The molecule has 1 N–H and O–H groups in total. The molecule has 1 atom stereocenters. The van der Waals surface area contributed by atoms with Gasteiger partial charge in [-0.15, -0.1) is 0 Å². The Morgan fingerprint density at radius 2 is 2.12 bits per heavy atom. The van der Waals surface area contributed by atoms with E-state index in [1.54, 1.807) is 19.2 Å². The Labute approximate surface area is 107 Å². The number of hydrogen-bond donors (Lipinski definition) is 1. The van der Waals surface area contributed by atoms with Crippen molar-refractivity contribution in [3.63, 3.8) is 0 Å². The summed E-state index contributed by atoms with van der Waals surface area (Å²) in [5, 5.41) is 3.64. The summed E-state index contributed by atoms with van der Waals surface area (Å²) in [7, 11) is 1.61. The zero-order chi connectivity index (χ0) is 13.1. The van der Waals surface area contributed by atoms with Gasteiger partial charge in [0.25, 0.3) is 0 Å². The Bertz CT molecular complexity index is 361. The lowest BCUT2D eigenvalue weighted by Crippen LogP contribution is -2.41. The van der Waals surface area contributed by atoms with Crippen LogP contribution in [0.1, 0.15) is 32.4 Å². The first-order valence-corrected chi connectivity index (χ1v) is 6.04. The third-order valence-corrected chi connectivity index (χ3v) is 3.25. The summed E-state index contributed by atoms with van der Waals surface area (Å²) in [4.78, 5) is 0. The lowest BCUT2D eigenvalue weighted by Gasteiger charge is -2.34. The molecule has 0 spiro atoms. The Balaban J connectivity index is 3.23. The lowest BCUT2D eigenvalue weighted by molar-refractivity contribution is -0.0116. The van der Waals surface area contributed by atoms with Crippen LogP contribution in [0.4, 0.5) is 4.39 Å². The predicted octanol–water partition coefficient (Wildman–Crippen LogP) is 3.55. The highest BCUT2D eigenvalue weighted by molar-refractivity contribution is 6.31. The predicted molar refractivity (Wildman–Crippen MR) is 68.9 cm³/mol. The first-order valence-electron chi connectivity index (χ1n) is 5.66. The minimum absolute atomic E-state index is 0.286. The van der Waals surface area contributed by atoms with Crippen LogP contribution < -0.4 is 5.32 Å². The van der Waals surface area contributed by atoms with Gasteiger partial charge in [0.15, 0.2) is 0 Å². The number of nitrogens with one attached hydrogen (secondary N) is 1. The molecule has 0 aromatic heterocycles. The van der Waals surface area contributed by atoms with Gasteiger partial charge in [-0.2, -0.15) is 0 Å². The highest BCUT2D eigenvalue weighted by atomic mass is 35.5. The standard InChI is InChI=1S/C13H19ClFNO/c1-5-16-12(13(2,3)17-4)11-9(14)7-6-8-10(11)15/h6-8,12,16H,5H2,1-4H3. The quantitative estimate of drug-likeness (QED) is 0.873. The molecule has 0 amide bonds. The van der Waals surface area contributed by atoms with E-state index >= 15 is 0 Å². The fourth-order valence-electron chi connectivity index (χ4n) is 1.80. The van der Waals surface area contributed by atoms with Crippen molar-refractivity contribution in [1.29, 1.82) is 0 Å². The van der Waals surface area contributed by atoms with Crippen molar-refractivity contribution >= 4 is 11.6 Å².